The van der Waals surface area contributed by atoms with Crippen LogP contribution in [-0.4, -0.2) is 16.5 Å². The topological polar surface area (TPSA) is 108 Å². The van der Waals surface area contributed by atoms with E-state index in [9.17, 15) is 14.9 Å². The standard InChI is InChI=1S/C15H8N4O3S/c16-8-23-11-4-1-9(2-5-11)17-14-12-7-10(19(21)22)3-6-13(12)18-15(14)20/h1-7H,(H,17,18,20). The minimum absolute atomic E-state index is 0.103. The molecule has 0 aromatic heterocycles. The van der Waals surface area contributed by atoms with E-state index in [2.05, 4.69) is 10.3 Å². The van der Waals surface area contributed by atoms with Crippen molar-refractivity contribution in [1.29, 1.82) is 5.26 Å². The second kappa shape index (κ2) is 5.90. The number of hydrogen-bond acceptors (Lipinski definition) is 6. The SMILES string of the molecule is N#CSc1ccc(N=C2C(=O)Nc3ccc([N+](=O)[O-])cc32)cc1. The molecular weight excluding hydrogens is 316 g/mol. The smallest absolute Gasteiger partial charge is 0.275 e. The van der Waals surface area contributed by atoms with E-state index in [4.69, 9.17) is 5.26 Å². The van der Waals surface area contributed by atoms with Crippen LogP contribution in [0.15, 0.2) is 52.4 Å². The molecule has 0 spiro atoms. The number of nitro groups is 1. The summed E-state index contributed by atoms with van der Waals surface area (Å²) in [6, 6.07) is 10.9. The van der Waals surface area contributed by atoms with Crippen LogP contribution in [0.2, 0.25) is 0 Å². The second-order valence-electron chi connectivity index (χ2n) is 4.59. The Balaban J connectivity index is 2.00. The van der Waals surface area contributed by atoms with Gasteiger partial charge in [-0.1, -0.05) is 0 Å². The highest BCUT2D eigenvalue weighted by Gasteiger charge is 2.28. The van der Waals surface area contributed by atoms with Gasteiger partial charge in [-0.2, -0.15) is 5.26 Å². The maximum Gasteiger partial charge on any atom is 0.275 e. The molecule has 1 amide bonds. The fraction of sp³-hybridized carbons (Fsp3) is 0. The number of thioether (sulfide) groups is 1. The Labute approximate surface area is 134 Å². The molecule has 23 heavy (non-hydrogen) atoms. The predicted molar refractivity (Wildman–Crippen MR) is 85.8 cm³/mol. The monoisotopic (exact) mass is 324 g/mol. The van der Waals surface area contributed by atoms with Crippen LogP contribution < -0.4 is 5.32 Å². The van der Waals surface area contributed by atoms with Crippen LogP contribution in [0, 0.1) is 20.8 Å². The molecule has 1 heterocycles. The highest BCUT2D eigenvalue weighted by Crippen LogP contribution is 2.29. The minimum Gasteiger partial charge on any atom is -0.320 e. The van der Waals surface area contributed by atoms with Gasteiger partial charge >= 0.3 is 0 Å². The van der Waals surface area contributed by atoms with Crippen molar-refractivity contribution in [2.24, 2.45) is 4.99 Å². The summed E-state index contributed by atoms with van der Waals surface area (Å²) in [6.45, 7) is 0. The van der Waals surface area contributed by atoms with E-state index in [1.165, 1.54) is 18.2 Å². The molecule has 2 aromatic carbocycles. The number of nitriles is 1. The first-order chi connectivity index (χ1) is 11.1. The number of thiocyanates is 1. The summed E-state index contributed by atoms with van der Waals surface area (Å²) in [5, 5.41) is 24.1. The summed E-state index contributed by atoms with van der Waals surface area (Å²) in [5.74, 6) is -0.407. The molecule has 1 N–H and O–H groups in total. The molecule has 1 aliphatic heterocycles. The van der Waals surface area contributed by atoms with Gasteiger partial charge in [-0.3, -0.25) is 14.9 Å². The summed E-state index contributed by atoms with van der Waals surface area (Å²) < 4.78 is 0. The number of non-ortho nitro benzene ring substituents is 1. The Kier molecular flexibility index (Phi) is 3.78. The molecule has 3 rings (SSSR count). The van der Waals surface area contributed by atoms with E-state index < -0.39 is 10.8 Å². The van der Waals surface area contributed by atoms with Crippen LogP contribution >= 0.6 is 11.8 Å². The van der Waals surface area contributed by atoms with Crippen molar-refractivity contribution in [3.63, 3.8) is 0 Å². The Hall–Kier alpha value is -3.18. The van der Waals surface area contributed by atoms with E-state index in [-0.39, 0.29) is 11.4 Å². The van der Waals surface area contributed by atoms with E-state index in [0.717, 1.165) is 16.7 Å². The van der Waals surface area contributed by atoms with Crippen LogP contribution in [-0.2, 0) is 4.79 Å². The number of carbonyl (C=O) groups is 1. The molecule has 0 bridgehead atoms. The molecule has 0 saturated carbocycles. The quantitative estimate of drug-likeness (QED) is 0.403. The Morgan fingerprint density at radius 2 is 1.96 bits per heavy atom. The van der Waals surface area contributed by atoms with Gasteiger partial charge in [-0.25, -0.2) is 4.99 Å². The zero-order chi connectivity index (χ0) is 16.4. The first-order valence-corrected chi connectivity index (χ1v) is 7.25. The van der Waals surface area contributed by atoms with Crippen LogP contribution in [0.25, 0.3) is 0 Å². The highest BCUT2D eigenvalue weighted by atomic mass is 32.2. The molecule has 0 aliphatic carbocycles. The van der Waals surface area contributed by atoms with Crippen molar-refractivity contribution in [3.05, 3.63) is 58.1 Å². The molecule has 7 nitrogen and oxygen atoms in total. The summed E-state index contributed by atoms with van der Waals surface area (Å²) in [4.78, 5) is 27.4. The molecule has 1 aliphatic rings. The van der Waals surface area contributed by atoms with E-state index in [0.29, 0.717) is 16.9 Å². The predicted octanol–water partition coefficient (Wildman–Crippen LogP) is 3.24. The molecule has 0 atom stereocenters. The molecule has 2 aromatic rings. The van der Waals surface area contributed by atoms with Crippen molar-refractivity contribution >= 4 is 40.4 Å². The van der Waals surface area contributed by atoms with Gasteiger partial charge in [-0.15, -0.1) is 0 Å². The number of aliphatic imine (C=N–C) groups is 1. The Bertz CT molecular complexity index is 885. The number of nitrogens with zero attached hydrogens (tertiary/aromatic N) is 3. The maximum atomic E-state index is 12.0. The zero-order valence-corrected chi connectivity index (χ0v) is 12.3. The summed E-state index contributed by atoms with van der Waals surface area (Å²) in [7, 11) is 0. The van der Waals surface area contributed by atoms with Gasteiger partial charge < -0.3 is 5.32 Å². The average molecular weight is 324 g/mol. The van der Waals surface area contributed by atoms with Gasteiger partial charge in [0.05, 0.1) is 16.3 Å². The van der Waals surface area contributed by atoms with Gasteiger partial charge in [0.2, 0.25) is 0 Å². The molecular formula is C15H8N4O3S. The number of fused-ring (bicyclic) bond motifs is 1. The van der Waals surface area contributed by atoms with E-state index >= 15 is 0 Å². The molecule has 0 unspecified atom stereocenters. The van der Waals surface area contributed by atoms with Crippen LogP contribution in [0.1, 0.15) is 5.56 Å². The minimum atomic E-state index is -0.519. The van der Waals surface area contributed by atoms with E-state index in [1.54, 1.807) is 24.3 Å². The zero-order valence-electron chi connectivity index (χ0n) is 11.5. The number of rotatable bonds is 3. The lowest BCUT2D eigenvalue weighted by atomic mass is 10.1. The summed E-state index contributed by atoms with van der Waals surface area (Å²) >= 11 is 1.02. The first-order valence-electron chi connectivity index (χ1n) is 6.43. The normalized spacial score (nSPS) is 14.2. The number of amides is 1. The number of nitrogens with one attached hydrogen (secondary N) is 1. The molecule has 8 heteroatoms. The lowest BCUT2D eigenvalue weighted by Crippen LogP contribution is -2.13. The fourth-order valence-electron chi connectivity index (χ4n) is 2.14. The van der Waals surface area contributed by atoms with Gasteiger partial charge in [0.25, 0.3) is 11.6 Å². The van der Waals surface area contributed by atoms with Gasteiger partial charge in [0, 0.05) is 22.6 Å². The van der Waals surface area contributed by atoms with Crippen LogP contribution in [0.3, 0.4) is 0 Å². The molecule has 0 radical (unpaired) electrons. The van der Waals surface area contributed by atoms with E-state index in [1.807, 2.05) is 5.40 Å². The lowest BCUT2D eigenvalue weighted by Gasteiger charge is -1.99. The second-order valence-corrected chi connectivity index (χ2v) is 5.45. The largest absolute Gasteiger partial charge is 0.320 e. The molecule has 0 fully saturated rings. The first kappa shape index (κ1) is 14.7. The average Bonchev–Trinajstić information content (AvgIpc) is 2.84. The number of anilines is 1. The van der Waals surface area contributed by atoms with Gasteiger partial charge in [-0.05, 0) is 42.1 Å². The third-order valence-corrected chi connectivity index (χ3v) is 3.77. The number of benzene rings is 2. The van der Waals surface area contributed by atoms with Crippen molar-refractivity contribution < 1.29 is 9.72 Å². The maximum absolute atomic E-state index is 12.0. The lowest BCUT2D eigenvalue weighted by molar-refractivity contribution is -0.384. The Morgan fingerprint density at radius 3 is 2.61 bits per heavy atom. The fourth-order valence-corrected chi connectivity index (χ4v) is 2.51. The third-order valence-electron chi connectivity index (χ3n) is 3.17. The molecule has 112 valence electrons. The van der Waals surface area contributed by atoms with Crippen molar-refractivity contribution in [2.45, 2.75) is 4.90 Å². The van der Waals surface area contributed by atoms with Gasteiger partial charge in [0.1, 0.15) is 11.1 Å². The summed E-state index contributed by atoms with van der Waals surface area (Å²) in [6.07, 6.45) is 0. The van der Waals surface area contributed by atoms with Crippen molar-refractivity contribution in [1.82, 2.24) is 0 Å². The van der Waals surface area contributed by atoms with Gasteiger partial charge in [0.15, 0.2) is 0 Å². The summed E-state index contributed by atoms with van der Waals surface area (Å²) in [5.41, 5.74) is 1.45. The van der Waals surface area contributed by atoms with Crippen molar-refractivity contribution in [3.8, 4) is 5.40 Å². The number of nitro benzene ring substituents is 1. The highest BCUT2D eigenvalue weighted by molar-refractivity contribution is 8.03. The Morgan fingerprint density at radius 1 is 1.22 bits per heavy atom. The van der Waals surface area contributed by atoms with Crippen LogP contribution in [0.5, 0.6) is 0 Å². The third kappa shape index (κ3) is 2.90. The van der Waals surface area contributed by atoms with Crippen LogP contribution in [0.4, 0.5) is 17.1 Å². The number of hydrogen-bond donors (Lipinski definition) is 1. The molecule has 0 saturated heterocycles. The number of carbonyl (C=O) groups excluding carboxylic acids is 1. The van der Waals surface area contributed by atoms with Crippen molar-refractivity contribution in [2.75, 3.05) is 5.32 Å².